The number of Topliss-reactive ketones (excluding diaryl/α,β-unsaturated/α-hetero) is 1. The lowest BCUT2D eigenvalue weighted by atomic mass is 10.1. The first-order valence-corrected chi connectivity index (χ1v) is 6.67. The highest BCUT2D eigenvalue weighted by atomic mass is 16.5. The fourth-order valence-corrected chi connectivity index (χ4v) is 2.13. The number of rotatable bonds is 5. The van der Waals surface area contributed by atoms with Gasteiger partial charge in [-0.1, -0.05) is 30.3 Å². The van der Waals surface area contributed by atoms with Gasteiger partial charge in [0.25, 0.3) is 0 Å². The molecule has 0 bridgehead atoms. The van der Waals surface area contributed by atoms with Crippen molar-refractivity contribution in [1.82, 2.24) is 4.90 Å². The Kier molecular flexibility index (Phi) is 5.10. The standard InChI is InChI=1S/C15H19NO3/c17-14(12-13-4-2-1-3-5-13)6-7-15(18)16-8-10-19-11-9-16/h1-5H,6-12H2. The molecule has 102 valence electrons. The lowest BCUT2D eigenvalue weighted by molar-refractivity contribution is -0.136. The Morgan fingerprint density at radius 3 is 2.42 bits per heavy atom. The van der Waals surface area contributed by atoms with Crippen molar-refractivity contribution in [2.75, 3.05) is 26.3 Å². The van der Waals surface area contributed by atoms with Crippen LogP contribution >= 0.6 is 0 Å². The molecule has 1 aliphatic rings. The van der Waals surface area contributed by atoms with Crippen LogP contribution in [0.25, 0.3) is 0 Å². The van der Waals surface area contributed by atoms with E-state index in [0.717, 1.165) is 5.56 Å². The summed E-state index contributed by atoms with van der Waals surface area (Å²) in [4.78, 5) is 25.5. The van der Waals surface area contributed by atoms with Crippen molar-refractivity contribution < 1.29 is 14.3 Å². The van der Waals surface area contributed by atoms with Crippen LogP contribution in [0.5, 0.6) is 0 Å². The summed E-state index contributed by atoms with van der Waals surface area (Å²) in [7, 11) is 0. The van der Waals surface area contributed by atoms with E-state index in [1.54, 1.807) is 4.90 Å². The minimum absolute atomic E-state index is 0.0599. The first-order chi connectivity index (χ1) is 9.25. The number of benzene rings is 1. The molecule has 0 unspecified atom stereocenters. The van der Waals surface area contributed by atoms with Gasteiger partial charge >= 0.3 is 0 Å². The lowest BCUT2D eigenvalue weighted by Gasteiger charge is -2.26. The zero-order chi connectivity index (χ0) is 13.5. The largest absolute Gasteiger partial charge is 0.378 e. The van der Waals surface area contributed by atoms with E-state index in [1.165, 1.54) is 0 Å². The summed E-state index contributed by atoms with van der Waals surface area (Å²) in [5.41, 5.74) is 1.01. The van der Waals surface area contributed by atoms with Gasteiger partial charge in [0, 0.05) is 32.4 Å². The van der Waals surface area contributed by atoms with E-state index >= 15 is 0 Å². The Bertz CT molecular complexity index is 424. The van der Waals surface area contributed by atoms with E-state index in [0.29, 0.717) is 45.6 Å². The molecule has 1 saturated heterocycles. The van der Waals surface area contributed by atoms with Crippen molar-refractivity contribution in [3.05, 3.63) is 35.9 Å². The van der Waals surface area contributed by atoms with E-state index in [-0.39, 0.29) is 11.7 Å². The maximum atomic E-state index is 11.9. The molecular formula is C15H19NO3. The van der Waals surface area contributed by atoms with Crippen molar-refractivity contribution in [3.63, 3.8) is 0 Å². The first kappa shape index (κ1) is 13.7. The highest BCUT2D eigenvalue weighted by molar-refractivity contribution is 5.86. The number of hydrogen-bond donors (Lipinski definition) is 0. The van der Waals surface area contributed by atoms with Crippen LogP contribution < -0.4 is 0 Å². The molecule has 0 aliphatic carbocycles. The average Bonchev–Trinajstić information content (AvgIpc) is 2.47. The third kappa shape index (κ3) is 4.48. The van der Waals surface area contributed by atoms with Gasteiger partial charge in [0.2, 0.25) is 5.91 Å². The summed E-state index contributed by atoms with van der Waals surface area (Å²) < 4.78 is 5.19. The van der Waals surface area contributed by atoms with E-state index in [4.69, 9.17) is 4.74 Å². The van der Waals surface area contributed by atoms with E-state index in [1.807, 2.05) is 30.3 Å². The Hall–Kier alpha value is -1.68. The van der Waals surface area contributed by atoms with Crippen LogP contribution in [0.2, 0.25) is 0 Å². The second-order valence-corrected chi connectivity index (χ2v) is 4.69. The molecule has 19 heavy (non-hydrogen) atoms. The fourth-order valence-electron chi connectivity index (χ4n) is 2.13. The number of carbonyl (C=O) groups is 2. The van der Waals surface area contributed by atoms with E-state index in [9.17, 15) is 9.59 Å². The Balaban J connectivity index is 1.72. The summed E-state index contributed by atoms with van der Waals surface area (Å²) in [6, 6.07) is 9.63. The fraction of sp³-hybridized carbons (Fsp3) is 0.467. The molecular weight excluding hydrogens is 242 g/mol. The number of morpholine rings is 1. The SMILES string of the molecule is O=C(CCC(=O)N1CCOCC1)Cc1ccccc1. The van der Waals surface area contributed by atoms with E-state index < -0.39 is 0 Å². The van der Waals surface area contributed by atoms with Crippen molar-refractivity contribution in [2.45, 2.75) is 19.3 Å². The van der Waals surface area contributed by atoms with Crippen molar-refractivity contribution in [3.8, 4) is 0 Å². The minimum Gasteiger partial charge on any atom is -0.378 e. The van der Waals surface area contributed by atoms with Crippen molar-refractivity contribution in [1.29, 1.82) is 0 Å². The topological polar surface area (TPSA) is 46.6 Å². The number of ether oxygens (including phenoxy) is 1. The van der Waals surface area contributed by atoms with E-state index in [2.05, 4.69) is 0 Å². The molecule has 0 saturated carbocycles. The molecule has 1 aromatic carbocycles. The summed E-state index contributed by atoms with van der Waals surface area (Å²) in [6.07, 6.45) is 1.05. The first-order valence-electron chi connectivity index (χ1n) is 6.67. The van der Waals surface area contributed by atoms with Crippen LogP contribution in [-0.2, 0) is 20.7 Å². The molecule has 1 fully saturated rings. The number of hydrogen-bond acceptors (Lipinski definition) is 3. The molecule has 0 aromatic heterocycles. The quantitative estimate of drug-likeness (QED) is 0.805. The monoisotopic (exact) mass is 261 g/mol. The normalized spacial score (nSPS) is 15.3. The number of nitrogens with zero attached hydrogens (tertiary/aromatic N) is 1. The number of ketones is 1. The van der Waals surface area contributed by atoms with Gasteiger partial charge in [-0.15, -0.1) is 0 Å². The Morgan fingerprint density at radius 1 is 1.05 bits per heavy atom. The minimum atomic E-state index is 0.0599. The van der Waals surface area contributed by atoms with Crippen LogP contribution in [0, 0.1) is 0 Å². The molecule has 1 aliphatic heterocycles. The number of amides is 1. The summed E-state index contributed by atoms with van der Waals surface area (Å²) >= 11 is 0. The molecule has 1 aromatic rings. The predicted octanol–water partition coefficient (Wildman–Crippen LogP) is 1.44. The van der Waals surface area contributed by atoms with Crippen LogP contribution in [0.3, 0.4) is 0 Å². The third-order valence-electron chi connectivity index (χ3n) is 3.23. The Labute approximate surface area is 113 Å². The van der Waals surface area contributed by atoms with Gasteiger partial charge in [-0.05, 0) is 5.56 Å². The number of carbonyl (C=O) groups excluding carboxylic acids is 2. The summed E-state index contributed by atoms with van der Waals surface area (Å²) in [6.45, 7) is 2.49. The second kappa shape index (κ2) is 7.04. The van der Waals surface area contributed by atoms with Crippen LogP contribution in [-0.4, -0.2) is 42.9 Å². The summed E-state index contributed by atoms with van der Waals surface area (Å²) in [5, 5.41) is 0. The Morgan fingerprint density at radius 2 is 1.74 bits per heavy atom. The molecule has 0 N–H and O–H groups in total. The van der Waals surface area contributed by atoms with Gasteiger partial charge in [-0.2, -0.15) is 0 Å². The van der Waals surface area contributed by atoms with Gasteiger partial charge in [-0.3, -0.25) is 9.59 Å². The third-order valence-corrected chi connectivity index (χ3v) is 3.23. The molecule has 4 nitrogen and oxygen atoms in total. The van der Waals surface area contributed by atoms with Crippen molar-refractivity contribution in [2.24, 2.45) is 0 Å². The molecule has 1 amide bonds. The lowest BCUT2D eigenvalue weighted by Crippen LogP contribution is -2.40. The molecule has 4 heteroatoms. The van der Waals surface area contributed by atoms with Gasteiger partial charge in [0.05, 0.1) is 13.2 Å². The maximum absolute atomic E-state index is 11.9. The molecule has 0 spiro atoms. The maximum Gasteiger partial charge on any atom is 0.223 e. The molecule has 2 rings (SSSR count). The molecule has 1 heterocycles. The highest BCUT2D eigenvalue weighted by Gasteiger charge is 2.17. The van der Waals surface area contributed by atoms with Crippen LogP contribution in [0.15, 0.2) is 30.3 Å². The smallest absolute Gasteiger partial charge is 0.223 e. The van der Waals surface area contributed by atoms with Gasteiger partial charge < -0.3 is 9.64 Å². The predicted molar refractivity (Wildman–Crippen MR) is 71.8 cm³/mol. The molecule has 0 radical (unpaired) electrons. The molecule has 0 atom stereocenters. The zero-order valence-corrected chi connectivity index (χ0v) is 11.0. The van der Waals surface area contributed by atoms with Gasteiger partial charge in [0.15, 0.2) is 0 Å². The van der Waals surface area contributed by atoms with Gasteiger partial charge in [-0.25, -0.2) is 0 Å². The van der Waals surface area contributed by atoms with Gasteiger partial charge in [0.1, 0.15) is 5.78 Å². The van der Waals surface area contributed by atoms with Crippen LogP contribution in [0.1, 0.15) is 18.4 Å². The zero-order valence-electron chi connectivity index (χ0n) is 11.0. The average molecular weight is 261 g/mol. The summed E-state index contributed by atoms with van der Waals surface area (Å²) in [5.74, 6) is 0.178. The van der Waals surface area contributed by atoms with Crippen LogP contribution in [0.4, 0.5) is 0 Å². The highest BCUT2D eigenvalue weighted by Crippen LogP contribution is 2.06. The second-order valence-electron chi connectivity index (χ2n) is 4.69. The van der Waals surface area contributed by atoms with Crippen molar-refractivity contribution >= 4 is 11.7 Å².